The van der Waals surface area contributed by atoms with Crippen molar-refractivity contribution < 1.29 is 55.3 Å². The van der Waals surface area contributed by atoms with E-state index in [2.05, 4.69) is 21.9 Å². The number of fused-ring (bicyclic) bond motifs is 1. The maximum atomic E-state index is 10.6. The third-order valence-corrected chi connectivity index (χ3v) is 5.59. The van der Waals surface area contributed by atoms with Gasteiger partial charge in [-0.2, -0.15) is 26.3 Å². The number of carboxylic acid groups (broad SMARTS) is 2. The lowest BCUT2D eigenvalue weighted by molar-refractivity contribution is -0.193. The van der Waals surface area contributed by atoms with E-state index in [1.807, 2.05) is 6.92 Å². The molecule has 2 aliphatic heterocycles. The maximum absolute atomic E-state index is 10.6. The number of halogens is 6. The van der Waals surface area contributed by atoms with Crippen molar-refractivity contribution in [3.05, 3.63) is 23.7 Å². The third-order valence-electron chi connectivity index (χ3n) is 5.59. The molecule has 1 aromatic rings. The summed E-state index contributed by atoms with van der Waals surface area (Å²) in [5.41, 5.74) is 0. The molecule has 1 aliphatic carbocycles. The van der Waals surface area contributed by atoms with E-state index in [0.717, 1.165) is 50.2 Å². The zero-order valence-electron chi connectivity index (χ0n) is 18.9. The monoisotopic (exact) mass is 518 g/mol. The SMILES string of the molecule is Cc1ccc(CN2CCN3CC(OCC4CC4)CC3C2)o1.O=C(O)C(F)(F)F.O=C(O)C(F)(F)F. The average Bonchev–Trinajstić information content (AvgIpc) is 3.34. The number of ether oxygens (including phenoxy) is 1. The van der Waals surface area contributed by atoms with Crippen LogP contribution in [0.4, 0.5) is 26.3 Å². The molecule has 0 radical (unpaired) electrons. The van der Waals surface area contributed by atoms with Crippen molar-refractivity contribution >= 4 is 11.9 Å². The molecule has 0 aromatic carbocycles. The molecule has 2 N–H and O–H groups in total. The summed E-state index contributed by atoms with van der Waals surface area (Å²) < 4.78 is 75.3. The van der Waals surface area contributed by atoms with E-state index >= 15 is 0 Å². The van der Waals surface area contributed by atoms with Gasteiger partial charge < -0.3 is 19.4 Å². The van der Waals surface area contributed by atoms with Crippen LogP contribution in [0.15, 0.2) is 16.5 Å². The van der Waals surface area contributed by atoms with Gasteiger partial charge in [-0.25, -0.2) is 9.59 Å². The summed E-state index contributed by atoms with van der Waals surface area (Å²) in [7, 11) is 0. The van der Waals surface area contributed by atoms with Gasteiger partial charge in [0.1, 0.15) is 11.5 Å². The summed E-state index contributed by atoms with van der Waals surface area (Å²) >= 11 is 0. The van der Waals surface area contributed by atoms with E-state index in [1.54, 1.807) is 0 Å². The molecule has 2 saturated heterocycles. The molecule has 3 fully saturated rings. The Morgan fingerprint density at radius 1 is 1.03 bits per heavy atom. The molecule has 3 aliphatic rings. The zero-order valence-corrected chi connectivity index (χ0v) is 18.9. The third kappa shape index (κ3) is 10.4. The lowest BCUT2D eigenvalue weighted by atomic mass is 10.1. The Hall–Kier alpha value is -2.32. The minimum absolute atomic E-state index is 0.474. The molecular weight excluding hydrogens is 490 g/mol. The van der Waals surface area contributed by atoms with Gasteiger partial charge in [-0.3, -0.25) is 9.80 Å². The van der Waals surface area contributed by atoms with Crippen LogP contribution in [0.3, 0.4) is 0 Å². The Balaban J connectivity index is 0.000000257. The number of piperazine rings is 1. The fourth-order valence-electron chi connectivity index (χ4n) is 3.67. The quantitative estimate of drug-likeness (QED) is 0.571. The summed E-state index contributed by atoms with van der Waals surface area (Å²) in [5, 5.41) is 14.2. The van der Waals surface area contributed by atoms with Gasteiger partial charge >= 0.3 is 24.3 Å². The van der Waals surface area contributed by atoms with Gasteiger partial charge in [-0.1, -0.05) is 0 Å². The number of rotatable bonds is 5. The number of furan rings is 1. The first-order valence-electron chi connectivity index (χ1n) is 10.9. The molecule has 2 atom stereocenters. The topological polar surface area (TPSA) is 103 Å². The van der Waals surface area contributed by atoms with Gasteiger partial charge in [-0.05, 0) is 44.2 Å². The van der Waals surface area contributed by atoms with E-state index in [9.17, 15) is 26.3 Å². The van der Waals surface area contributed by atoms with Crippen molar-refractivity contribution in [2.24, 2.45) is 5.92 Å². The Kier molecular flexibility index (Phi) is 9.98. The van der Waals surface area contributed by atoms with Crippen LogP contribution in [-0.2, 0) is 20.9 Å². The van der Waals surface area contributed by atoms with Crippen LogP contribution < -0.4 is 0 Å². The molecule has 14 heteroatoms. The first kappa shape index (κ1) is 28.9. The second-order valence-corrected chi connectivity index (χ2v) is 8.64. The second kappa shape index (κ2) is 12.1. The van der Waals surface area contributed by atoms with Crippen LogP contribution in [0.5, 0.6) is 0 Å². The highest BCUT2D eigenvalue weighted by molar-refractivity contribution is 5.73. The van der Waals surface area contributed by atoms with Gasteiger partial charge in [0.25, 0.3) is 0 Å². The summed E-state index contributed by atoms with van der Waals surface area (Å²) in [5.74, 6) is -2.53. The number of alkyl halides is 6. The lowest BCUT2D eigenvalue weighted by Crippen LogP contribution is -2.49. The molecule has 8 nitrogen and oxygen atoms in total. The van der Waals surface area contributed by atoms with E-state index < -0.39 is 24.3 Å². The summed E-state index contributed by atoms with van der Waals surface area (Å²) in [6, 6.07) is 4.85. The van der Waals surface area contributed by atoms with Crippen molar-refractivity contribution in [1.82, 2.24) is 9.80 Å². The number of nitrogens with zero attached hydrogens (tertiary/aromatic N) is 2. The Labute approximate surface area is 197 Å². The van der Waals surface area contributed by atoms with Gasteiger partial charge in [0.2, 0.25) is 0 Å². The first-order chi connectivity index (χ1) is 16.1. The molecule has 0 spiro atoms. The van der Waals surface area contributed by atoms with Crippen molar-refractivity contribution in [3.8, 4) is 0 Å². The molecule has 35 heavy (non-hydrogen) atoms. The maximum Gasteiger partial charge on any atom is 0.490 e. The fourth-order valence-corrected chi connectivity index (χ4v) is 3.67. The van der Waals surface area contributed by atoms with E-state index in [0.29, 0.717) is 12.1 Å². The van der Waals surface area contributed by atoms with Crippen LogP contribution in [0.25, 0.3) is 0 Å². The molecule has 200 valence electrons. The van der Waals surface area contributed by atoms with Crippen LogP contribution >= 0.6 is 0 Å². The van der Waals surface area contributed by atoms with Crippen molar-refractivity contribution in [3.63, 3.8) is 0 Å². The van der Waals surface area contributed by atoms with E-state index in [-0.39, 0.29) is 0 Å². The molecular formula is C21H28F6N2O6. The Bertz CT molecular complexity index is 815. The number of hydrogen-bond acceptors (Lipinski definition) is 6. The minimum Gasteiger partial charge on any atom is -0.475 e. The molecule has 3 heterocycles. The van der Waals surface area contributed by atoms with Gasteiger partial charge in [0.05, 0.1) is 12.6 Å². The minimum atomic E-state index is -5.08. The van der Waals surface area contributed by atoms with Crippen molar-refractivity contribution in [2.45, 2.75) is 57.2 Å². The Morgan fingerprint density at radius 2 is 1.60 bits per heavy atom. The molecule has 1 aromatic heterocycles. The first-order valence-corrected chi connectivity index (χ1v) is 10.9. The highest BCUT2D eigenvalue weighted by Gasteiger charge is 2.39. The number of aliphatic carboxylic acids is 2. The lowest BCUT2D eigenvalue weighted by Gasteiger charge is -2.36. The largest absolute Gasteiger partial charge is 0.490 e. The summed E-state index contributed by atoms with van der Waals surface area (Å²) in [6.07, 6.45) is -5.71. The number of carboxylic acids is 2. The van der Waals surface area contributed by atoms with E-state index in [4.69, 9.17) is 29.0 Å². The second-order valence-electron chi connectivity index (χ2n) is 8.64. The molecule has 1 saturated carbocycles. The predicted molar refractivity (Wildman–Crippen MR) is 109 cm³/mol. The molecule has 0 bridgehead atoms. The zero-order chi connectivity index (χ0) is 26.4. The van der Waals surface area contributed by atoms with Crippen molar-refractivity contribution in [2.75, 3.05) is 32.8 Å². The highest BCUT2D eigenvalue weighted by Crippen LogP contribution is 2.31. The van der Waals surface area contributed by atoms with Gasteiger partial charge in [0, 0.05) is 38.8 Å². The fraction of sp³-hybridized carbons (Fsp3) is 0.714. The standard InChI is InChI=1S/C17H26N2O2.2C2HF3O2/c1-13-2-5-16(21-13)10-18-6-7-19-11-17(8-15(19)9-18)20-12-14-3-4-14;2*3-2(4,5)1(6)7/h2,5,14-15,17H,3-4,6-12H2,1H3;2*(H,6,7). The highest BCUT2D eigenvalue weighted by atomic mass is 19.4. The summed E-state index contributed by atoms with van der Waals surface area (Å²) in [4.78, 5) is 22.9. The number of aryl methyl sites for hydroxylation is 1. The predicted octanol–water partition coefficient (Wildman–Crippen LogP) is 3.54. The molecule has 0 amide bonds. The van der Waals surface area contributed by atoms with E-state index in [1.165, 1.54) is 25.8 Å². The van der Waals surface area contributed by atoms with Crippen LogP contribution in [0, 0.1) is 12.8 Å². The van der Waals surface area contributed by atoms with Crippen LogP contribution in [-0.4, -0.2) is 89.2 Å². The average molecular weight is 518 g/mol. The number of hydrogen-bond donors (Lipinski definition) is 2. The summed E-state index contributed by atoms with van der Waals surface area (Å²) in [6.45, 7) is 8.58. The Morgan fingerprint density at radius 3 is 2.06 bits per heavy atom. The molecule has 4 rings (SSSR count). The van der Waals surface area contributed by atoms with Gasteiger partial charge in [0.15, 0.2) is 0 Å². The molecule has 2 unspecified atom stereocenters. The normalized spacial score (nSPS) is 22.9. The van der Waals surface area contributed by atoms with Crippen LogP contribution in [0.1, 0.15) is 30.8 Å². The van der Waals surface area contributed by atoms with Crippen LogP contribution in [0.2, 0.25) is 0 Å². The number of carbonyl (C=O) groups is 2. The van der Waals surface area contributed by atoms with Gasteiger partial charge in [-0.15, -0.1) is 0 Å². The van der Waals surface area contributed by atoms with Crippen molar-refractivity contribution in [1.29, 1.82) is 0 Å². The smallest absolute Gasteiger partial charge is 0.475 e.